The molecule has 13 heteroatoms. The van der Waals surface area contributed by atoms with Crippen molar-refractivity contribution in [3.05, 3.63) is 35.4 Å². The number of anilines is 2. The van der Waals surface area contributed by atoms with E-state index in [1.807, 2.05) is 0 Å². The average Bonchev–Trinajstić information content (AvgIpc) is 3.01. The van der Waals surface area contributed by atoms with E-state index in [2.05, 4.69) is 17.5 Å². The van der Waals surface area contributed by atoms with Gasteiger partial charge in [0, 0.05) is 30.3 Å². The van der Waals surface area contributed by atoms with Crippen LogP contribution in [-0.4, -0.2) is 58.1 Å². The van der Waals surface area contributed by atoms with Crippen molar-refractivity contribution >= 4 is 45.3 Å². The summed E-state index contributed by atoms with van der Waals surface area (Å²) in [5.41, 5.74) is -0.495. The van der Waals surface area contributed by atoms with Crippen LogP contribution in [0.3, 0.4) is 0 Å². The number of benzene rings is 1. The van der Waals surface area contributed by atoms with Crippen molar-refractivity contribution in [1.82, 2.24) is 5.32 Å². The zero-order chi connectivity index (χ0) is 21.3. The van der Waals surface area contributed by atoms with Gasteiger partial charge in [0.2, 0.25) is 0 Å². The molecule has 0 bridgehead atoms. The Hall–Kier alpha value is -2.09. The topological polar surface area (TPSA) is 85.3 Å². The number of carbonyl (C=O) groups is 1. The van der Waals surface area contributed by atoms with Gasteiger partial charge in [-0.25, -0.2) is 22.4 Å². The molecule has 2 aliphatic heterocycles. The highest BCUT2D eigenvalue weighted by Crippen LogP contribution is 2.43. The molecule has 2 heterocycles. The van der Waals surface area contributed by atoms with Gasteiger partial charge in [0.15, 0.2) is 11.6 Å². The van der Waals surface area contributed by atoms with Gasteiger partial charge in [0.1, 0.15) is 16.8 Å². The van der Waals surface area contributed by atoms with Crippen LogP contribution in [0.5, 0.6) is 0 Å². The second-order valence-corrected chi connectivity index (χ2v) is 8.88. The fraction of sp³-hybridized carbons (Fsp3) is 0.375. The minimum atomic E-state index is -2.90. The van der Waals surface area contributed by atoms with E-state index in [1.54, 1.807) is 0 Å². The van der Waals surface area contributed by atoms with Crippen molar-refractivity contribution in [2.24, 2.45) is 0 Å². The fourth-order valence-corrected chi connectivity index (χ4v) is 3.87. The first-order valence-corrected chi connectivity index (χ1v) is 10.5. The van der Waals surface area contributed by atoms with Crippen LogP contribution in [0.2, 0.25) is 0 Å². The predicted molar refractivity (Wildman–Crippen MR) is 105 cm³/mol. The Morgan fingerprint density at radius 2 is 2.00 bits per heavy atom. The lowest BCUT2D eigenvalue weighted by molar-refractivity contribution is 0.142. The molecule has 7 nitrogen and oxygen atoms in total. The summed E-state index contributed by atoms with van der Waals surface area (Å²) in [4.78, 5) is 13.5. The Kier molecular flexibility index (Phi) is 6.22. The molecule has 1 unspecified atom stereocenters. The highest BCUT2D eigenvalue weighted by Gasteiger charge is 2.34. The number of amides is 1. The van der Waals surface area contributed by atoms with Gasteiger partial charge in [-0.2, -0.15) is 10.6 Å². The minimum Gasteiger partial charge on any atom is -0.442 e. The Balaban J connectivity index is 1.73. The van der Waals surface area contributed by atoms with E-state index in [1.165, 1.54) is 11.1 Å². The molecule has 0 aliphatic carbocycles. The molecule has 1 saturated heterocycles. The van der Waals surface area contributed by atoms with Gasteiger partial charge in [-0.1, -0.05) is 12.2 Å². The van der Waals surface area contributed by atoms with Crippen LogP contribution < -0.4 is 15.1 Å². The van der Waals surface area contributed by atoms with Crippen molar-refractivity contribution in [1.29, 1.82) is 0 Å². The fourth-order valence-electron chi connectivity index (χ4n) is 2.85. The molecule has 29 heavy (non-hydrogen) atoms. The number of cyclic esters (lactones) is 1. The summed E-state index contributed by atoms with van der Waals surface area (Å²) < 4.78 is 78.1. The molecule has 3 rings (SSSR count). The van der Waals surface area contributed by atoms with Crippen molar-refractivity contribution in [2.75, 3.05) is 35.2 Å². The molecule has 1 atom stereocenters. The SMILES string of the molecule is O=C1OC(CNC(=S)C(F)F)CN1c1cc(F)c(N2C=CS(O)(O)CC2)c(F)c1. The van der Waals surface area contributed by atoms with Crippen LogP contribution in [0.15, 0.2) is 23.7 Å². The van der Waals surface area contributed by atoms with E-state index >= 15 is 0 Å². The Morgan fingerprint density at radius 1 is 1.34 bits per heavy atom. The molecule has 1 aromatic carbocycles. The highest BCUT2D eigenvalue weighted by atomic mass is 32.3. The smallest absolute Gasteiger partial charge is 0.414 e. The van der Waals surface area contributed by atoms with Crippen molar-refractivity contribution < 1.29 is 36.2 Å². The van der Waals surface area contributed by atoms with Crippen LogP contribution in [-0.2, 0) is 4.74 Å². The van der Waals surface area contributed by atoms with Gasteiger partial charge in [0.25, 0.3) is 6.43 Å². The van der Waals surface area contributed by atoms with Crippen molar-refractivity contribution in [3.8, 4) is 0 Å². The number of halogens is 4. The standard InChI is InChI=1S/C16H17F4N3O4S2/c17-11-5-9(6-12(18)13(11)22-1-3-29(25,26)4-2-22)23-8-10(27-16(23)24)7-21-15(28)14(19)20/h1,3,5-6,10,14,25-26H,2,4,7-8H2,(H,21,28). The molecule has 0 radical (unpaired) electrons. The third kappa shape index (κ3) is 4.91. The van der Waals surface area contributed by atoms with Gasteiger partial charge in [-0.05, 0) is 0 Å². The molecule has 0 aromatic heterocycles. The van der Waals surface area contributed by atoms with Crippen LogP contribution in [0.4, 0.5) is 33.7 Å². The summed E-state index contributed by atoms with van der Waals surface area (Å²) in [5.74, 6) is -2.00. The molecule has 1 aromatic rings. The summed E-state index contributed by atoms with van der Waals surface area (Å²) in [6, 6.07) is 1.89. The van der Waals surface area contributed by atoms with Crippen LogP contribution in [0.25, 0.3) is 0 Å². The highest BCUT2D eigenvalue weighted by molar-refractivity contribution is 8.26. The van der Waals surface area contributed by atoms with Gasteiger partial charge in [-0.3, -0.25) is 14.0 Å². The lowest BCUT2D eigenvalue weighted by Gasteiger charge is -2.36. The molecule has 3 N–H and O–H groups in total. The molecule has 2 aliphatic rings. The summed E-state index contributed by atoms with van der Waals surface area (Å²) in [6.45, 7) is -0.282. The van der Waals surface area contributed by atoms with E-state index in [4.69, 9.17) is 4.74 Å². The Labute approximate surface area is 170 Å². The maximum atomic E-state index is 14.6. The minimum absolute atomic E-state index is 0.00440. The summed E-state index contributed by atoms with van der Waals surface area (Å²) in [6.07, 6.45) is -3.36. The van der Waals surface area contributed by atoms with E-state index in [0.29, 0.717) is 0 Å². The summed E-state index contributed by atoms with van der Waals surface area (Å²) in [5, 5.41) is 3.36. The molecule has 160 valence electrons. The van der Waals surface area contributed by atoms with Gasteiger partial charge >= 0.3 is 6.09 Å². The number of hydrogen-bond acceptors (Lipinski definition) is 6. The maximum absolute atomic E-state index is 14.6. The van der Waals surface area contributed by atoms with E-state index in [-0.39, 0.29) is 31.1 Å². The third-order valence-electron chi connectivity index (χ3n) is 4.27. The van der Waals surface area contributed by atoms with E-state index < -0.39 is 51.5 Å². The quantitative estimate of drug-likeness (QED) is 0.463. The molecular formula is C16H17F4N3O4S2. The number of rotatable bonds is 5. The summed E-state index contributed by atoms with van der Waals surface area (Å²) in [7, 11) is -2.90. The number of carbonyl (C=O) groups excluding carboxylic acids is 1. The summed E-state index contributed by atoms with van der Waals surface area (Å²) >= 11 is 4.44. The second-order valence-electron chi connectivity index (χ2n) is 6.32. The van der Waals surface area contributed by atoms with E-state index in [9.17, 15) is 31.5 Å². The maximum Gasteiger partial charge on any atom is 0.414 e. The Bertz CT molecular complexity index is 832. The number of alkyl halides is 2. The van der Waals surface area contributed by atoms with Crippen LogP contribution in [0.1, 0.15) is 0 Å². The zero-order valence-corrected chi connectivity index (χ0v) is 16.4. The van der Waals surface area contributed by atoms with Crippen molar-refractivity contribution in [3.63, 3.8) is 0 Å². The average molecular weight is 455 g/mol. The monoisotopic (exact) mass is 455 g/mol. The lowest BCUT2D eigenvalue weighted by atomic mass is 10.2. The van der Waals surface area contributed by atoms with Crippen LogP contribution in [0, 0.1) is 11.6 Å². The van der Waals surface area contributed by atoms with Crippen LogP contribution >= 0.6 is 22.8 Å². The third-order valence-corrected chi connectivity index (χ3v) is 5.93. The zero-order valence-electron chi connectivity index (χ0n) is 14.7. The number of thiocarbonyl (C=S) groups is 1. The van der Waals surface area contributed by atoms with Gasteiger partial charge < -0.3 is 15.0 Å². The number of nitrogens with one attached hydrogen (secondary N) is 1. The first kappa shape index (κ1) is 21.6. The lowest BCUT2D eigenvalue weighted by Crippen LogP contribution is -2.36. The first-order valence-electron chi connectivity index (χ1n) is 8.31. The van der Waals surface area contributed by atoms with Gasteiger partial charge in [0.05, 0.1) is 24.5 Å². The van der Waals surface area contributed by atoms with Crippen molar-refractivity contribution in [2.45, 2.75) is 12.5 Å². The van der Waals surface area contributed by atoms with E-state index in [0.717, 1.165) is 22.4 Å². The molecule has 1 amide bonds. The molecule has 0 spiro atoms. The molecule has 0 saturated carbocycles. The first-order chi connectivity index (χ1) is 13.6. The predicted octanol–water partition coefficient (Wildman–Crippen LogP) is 3.51. The van der Waals surface area contributed by atoms with Gasteiger partial charge in [-0.15, -0.1) is 0 Å². The number of ether oxygens (including phenoxy) is 1. The number of hydrogen-bond donors (Lipinski definition) is 3. The Morgan fingerprint density at radius 3 is 2.55 bits per heavy atom. The molecular weight excluding hydrogens is 438 g/mol. The normalized spacial score (nSPS) is 22.0. The second kappa shape index (κ2) is 8.34. The number of nitrogens with zero attached hydrogens (tertiary/aromatic N) is 2. The molecule has 1 fully saturated rings. The largest absolute Gasteiger partial charge is 0.442 e.